The molecule has 2 heteroatoms. The van der Waals surface area contributed by atoms with Crippen molar-refractivity contribution in [2.24, 2.45) is 5.41 Å². The average Bonchev–Trinajstić information content (AvgIpc) is 2.67. The molecule has 0 fully saturated rings. The van der Waals surface area contributed by atoms with Crippen molar-refractivity contribution in [1.82, 2.24) is 5.32 Å². The van der Waals surface area contributed by atoms with Gasteiger partial charge in [0, 0.05) is 28.8 Å². The van der Waals surface area contributed by atoms with Gasteiger partial charge in [-0.2, -0.15) is 0 Å². The summed E-state index contributed by atoms with van der Waals surface area (Å²) in [5.74, 6) is 0. The van der Waals surface area contributed by atoms with Crippen LogP contribution in [0.4, 0.5) is 0 Å². The second kappa shape index (κ2) is 4.52. The number of carbonyl (C=O) groups is 1. The maximum absolute atomic E-state index is 11.4. The molecule has 1 aliphatic heterocycles. The van der Waals surface area contributed by atoms with Gasteiger partial charge in [0.2, 0.25) is 0 Å². The van der Waals surface area contributed by atoms with E-state index < -0.39 is 0 Å². The van der Waals surface area contributed by atoms with Gasteiger partial charge in [-0.05, 0) is 17.0 Å². The van der Waals surface area contributed by atoms with Crippen molar-refractivity contribution in [3.63, 3.8) is 0 Å². The Morgan fingerprint density at radius 1 is 1.26 bits per heavy atom. The van der Waals surface area contributed by atoms with Crippen molar-refractivity contribution < 1.29 is 4.79 Å². The van der Waals surface area contributed by atoms with Crippen LogP contribution < -0.4 is 5.32 Å². The normalized spacial score (nSPS) is 17.8. The molecule has 0 amide bonds. The molecule has 0 saturated carbocycles. The van der Waals surface area contributed by atoms with E-state index in [-0.39, 0.29) is 10.8 Å². The van der Waals surface area contributed by atoms with Crippen LogP contribution in [0, 0.1) is 5.41 Å². The van der Waals surface area contributed by atoms with Crippen LogP contribution in [0.1, 0.15) is 56.1 Å². The van der Waals surface area contributed by atoms with E-state index in [0.717, 1.165) is 29.7 Å². The largest absolute Gasteiger partial charge is 0.384 e. The van der Waals surface area contributed by atoms with Gasteiger partial charge in [-0.25, -0.2) is 0 Å². The van der Waals surface area contributed by atoms with Crippen molar-refractivity contribution in [2.75, 3.05) is 6.54 Å². The van der Waals surface area contributed by atoms with Gasteiger partial charge in [0.05, 0.1) is 0 Å². The molecule has 0 spiro atoms. The van der Waals surface area contributed by atoms with Crippen molar-refractivity contribution in [3.8, 4) is 0 Å². The van der Waals surface area contributed by atoms with Crippen LogP contribution in [0.2, 0.25) is 0 Å². The fourth-order valence-electron chi connectivity index (χ4n) is 2.36. The Morgan fingerprint density at radius 3 is 2.42 bits per heavy atom. The maximum Gasteiger partial charge on any atom is 0.150 e. The monoisotopic (exact) mass is 257 g/mol. The molecule has 2 rings (SSSR count). The SMILES string of the molecule is CC1(C)C=C(c2ccc(C(C)(C)C)cc2C=O)NC1. The molecule has 0 atom stereocenters. The Bertz CT molecular complexity index is 533. The highest BCUT2D eigenvalue weighted by molar-refractivity contribution is 5.86. The zero-order valence-corrected chi connectivity index (χ0v) is 12.5. The first kappa shape index (κ1) is 13.9. The van der Waals surface area contributed by atoms with Crippen LogP contribution in [0.25, 0.3) is 5.70 Å². The first-order valence-electron chi connectivity index (χ1n) is 6.80. The molecule has 1 heterocycles. The van der Waals surface area contributed by atoms with Crippen molar-refractivity contribution in [1.29, 1.82) is 0 Å². The molecule has 0 aliphatic carbocycles. The number of hydrogen-bond acceptors (Lipinski definition) is 2. The highest BCUT2D eigenvalue weighted by Crippen LogP contribution is 2.31. The van der Waals surface area contributed by atoms with E-state index in [1.54, 1.807) is 0 Å². The van der Waals surface area contributed by atoms with Crippen LogP contribution in [-0.2, 0) is 5.41 Å². The van der Waals surface area contributed by atoms with E-state index in [2.05, 4.69) is 58.1 Å². The summed E-state index contributed by atoms with van der Waals surface area (Å²) < 4.78 is 0. The Morgan fingerprint density at radius 2 is 1.95 bits per heavy atom. The molecule has 0 saturated heterocycles. The number of carbonyl (C=O) groups excluding carboxylic acids is 1. The quantitative estimate of drug-likeness (QED) is 0.817. The molecule has 1 aromatic carbocycles. The Balaban J connectivity index is 2.46. The molecule has 19 heavy (non-hydrogen) atoms. The molecular weight excluding hydrogens is 234 g/mol. The lowest BCUT2D eigenvalue weighted by Gasteiger charge is -2.20. The fourth-order valence-corrected chi connectivity index (χ4v) is 2.36. The van der Waals surface area contributed by atoms with Gasteiger partial charge in [0.15, 0.2) is 6.29 Å². The molecule has 1 N–H and O–H groups in total. The molecule has 0 unspecified atom stereocenters. The average molecular weight is 257 g/mol. The lowest BCUT2D eigenvalue weighted by atomic mass is 9.85. The maximum atomic E-state index is 11.4. The summed E-state index contributed by atoms with van der Waals surface area (Å²) in [6.45, 7) is 11.8. The van der Waals surface area contributed by atoms with Gasteiger partial charge >= 0.3 is 0 Å². The van der Waals surface area contributed by atoms with E-state index in [1.165, 1.54) is 5.56 Å². The van der Waals surface area contributed by atoms with E-state index in [0.29, 0.717) is 0 Å². The van der Waals surface area contributed by atoms with E-state index in [9.17, 15) is 4.79 Å². The fraction of sp³-hybridized carbons (Fsp3) is 0.471. The van der Waals surface area contributed by atoms with Crippen LogP contribution in [0.15, 0.2) is 24.3 Å². The summed E-state index contributed by atoms with van der Waals surface area (Å²) in [4.78, 5) is 11.4. The third kappa shape index (κ3) is 2.89. The highest BCUT2D eigenvalue weighted by Gasteiger charge is 2.25. The summed E-state index contributed by atoms with van der Waals surface area (Å²) >= 11 is 0. The number of nitrogens with one attached hydrogen (secondary N) is 1. The summed E-state index contributed by atoms with van der Waals surface area (Å²) in [5.41, 5.74) is 4.26. The molecule has 0 radical (unpaired) electrons. The van der Waals surface area contributed by atoms with E-state index in [1.807, 2.05) is 6.07 Å². The molecule has 0 bridgehead atoms. The van der Waals surface area contributed by atoms with Crippen molar-refractivity contribution >= 4 is 12.0 Å². The van der Waals surface area contributed by atoms with Gasteiger partial charge in [0.1, 0.15) is 0 Å². The summed E-state index contributed by atoms with van der Waals surface area (Å²) in [5, 5.41) is 3.40. The number of rotatable bonds is 2. The lowest BCUT2D eigenvalue weighted by Crippen LogP contribution is -2.18. The number of hydrogen-bond donors (Lipinski definition) is 1. The predicted octanol–water partition coefficient (Wildman–Crippen LogP) is 3.77. The second-order valence-electron chi connectivity index (χ2n) is 7.07. The van der Waals surface area contributed by atoms with Crippen LogP contribution in [0.3, 0.4) is 0 Å². The molecule has 0 aromatic heterocycles. The van der Waals surface area contributed by atoms with Crippen LogP contribution in [-0.4, -0.2) is 12.8 Å². The van der Waals surface area contributed by atoms with Crippen molar-refractivity contribution in [2.45, 2.75) is 40.0 Å². The van der Waals surface area contributed by atoms with Crippen LogP contribution >= 0.6 is 0 Å². The summed E-state index contributed by atoms with van der Waals surface area (Å²) in [7, 11) is 0. The standard InChI is InChI=1S/C17H23NO/c1-16(2,3)13-6-7-14(12(8-13)10-19)15-9-17(4,5)11-18-15/h6-10,18H,11H2,1-5H3. The zero-order chi connectivity index (χ0) is 14.3. The molecular formula is C17H23NO. The molecule has 1 aromatic rings. The third-order valence-corrected chi connectivity index (χ3v) is 3.60. The minimum atomic E-state index is 0.0625. The second-order valence-corrected chi connectivity index (χ2v) is 7.07. The Hall–Kier alpha value is -1.57. The lowest BCUT2D eigenvalue weighted by molar-refractivity contribution is 0.112. The Labute approximate surface area is 115 Å². The first-order chi connectivity index (χ1) is 8.73. The van der Waals surface area contributed by atoms with Gasteiger partial charge < -0.3 is 5.32 Å². The van der Waals surface area contributed by atoms with Gasteiger partial charge in [-0.3, -0.25) is 4.79 Å². The summed E-state index contributed by atoms with van der Waals surface area (Å²) in [6.07, 6.45) is 3.17. The smallest absolute Gasteiger partial charge is 0.150 e. The number of aldehydes is 1. The Kier molecular flexibility index (Phi) is 3.29. The van der Waals surface area contributed by atoms with Gasteiger partial charge in [0.25, 0.3) is 0 Å². The molecule has 2 nitrogen and oxygen atoms in total. The minimum absolute atomic E-state index is 0.0625. The van der Waals surface area contributed by atoms with E-state index in [4.69, 9.17) is 0 Å². The molecule has 1 aliphatic rings. The summed E-state index contributed by atoms with van der Waals surface area (Å²) in [6, 6.07) is 6.19. The predicted molar refractivity (Wildman–Crippen MR) is 80.3 cm³/mol. The molecule has 102 valence electrons. The van der Waals surface area contributed by atoms with Gasteiger partial charge in [-0.1, -0.05) is 52.8 Å². The number of benzene rings is 1. The first-order valence-corrected chi connectivity index (χ1v) is 6.80. The van der Waals surface area contributed by atoms with Crippen molar-refractivity contribution in [3.05, 3.63) is 41.0 Å². The third-order valence-electron chi connectivity index (χ3n) is 3.60. The van der Waals surface area contributed by atoms with Crippen LogP contribution in [0.5, 0.6) is 0 Å². The minimum Gasteiger partial charge on any atom is -0.384 e. The van der Waals surface area contributed by atoms with Gasteiger partial charge in [-0.15, -0.1) is 0 Å². The topological polar surface area (TPSA) is 29.1 Å². The highest BCUT2D eigenvalue weighted by atomic mass is 16.1. The zero-order valence-electron chi connectivity index (χ0n) is 12.5. The van der Waals surface area contributed by atoms with E-state index >= 15 is 0 Å².